The molecular formula is C13H16FN5. The number of nitrogens with one attached hydrogen (secondary N) is 2. The van der Waals surface area contributed by atoms with E-state index in [1.165, 1.54) is 6.07 Å². The van der Waals surface area contributed by atoms with Gasteiger partial charge in [0, 0.05) is 18.2 Å². The number of nitrogens with zero attached hydrogens (tertiary/aromatic N) is 2. The Bertz CT molecular complexity index is 563. The van der Waals surface area contributed by atoms with Gasteiger partial charge in [0.1, 0.15) is 23.3 Å². The molecule has 0 saturated carbocycles. The van der Waals surface area contributed by atoms with Gasteiger partial charge in [0.2, 0.25) is 0 Å². The number of hydrogen-bond acceptors (Lipinski definition) is 5. The lowest BCUT2D eigenvalue weighted by atomic mass is 10.2. The molecule has 1 aromatic heterocycles. The molecular weight excluding hydrogens is 245 g/mol. The molecule has 6 heteroatoms. The summed E-state index contributed by atoms with van der Waals surface area (Å²) in [5.74, 6) is 6.84. The first-order valence-corrected chi connectivity index (χ1v) is 6.00. The number of aryl methyl sites for hydroxylation is 2. The van der Waals surface area contributed by atoms with Gasteiger partial charge in [-0.15, -0.1) is 0 Å². The molecule has 1 heterocycles. The summed E-state index contributed by atoms with van der Waals surface area (Å²) in [5, 5.41) is 3.03. The number of nitrogen functional groups attached to an aromatic ring is 1. The van der Waals surface area contributed by atoms with Crippen LogP contribution in [-0.4, -0.2) is 9.97 Å². The molecule has 19 heavy (non-hydrogen) atoms. The van der Waals surface area contributed by atoms with Crippen molar-refractivity contribution in [3.63, 3.8) is 0 Å². The van der Waals surface area contributed by atoms with Crippen molar-refractivity contribution in [1.29, 1.82) is 0 Å². The number of benzene rings is 1. The standard InChI is InChI=1S/C13H16FN5/c1-3-11-17-12(7-13(18-11)19-15)16-9-5-4-8(2)10(14)6-9/h4-7H,3,15H2,1-2H3,(H2,16,17,18,19). The SMILES string of the molecule is CCc1nc(NN)cc(Nc2ccc(C)c(F)c2)n1. The van der Waals surface area contributed by atoms with Crippen LogP contribution >= 0.6 is 0 Å². The first kappa shape index (κ1) is 13.2. The zero-order valence-corrected chi connectivity index (χ0v) is 10.9. The van der Waals surface area contributed by atoms with Crippen molar-refractivity contribution in [2.45, 2.75) is 20.3 Å². The van der Waals surface area contributed by atoms with Gasteiger partial charge >= 0.3 is 0 Å². The van der Waals surface area contributed by atoms with Gasteiger partial charge in [0.15, 0.2) is 0 Å². The number of hydrazine groups is 1. The van der Waals surface area contributed by atoms with Crippen LogP contribution in [0.5, 0.6) is 0 Å². The highest BCUT2D eigenvalue weighted by Gasteiger charge is 2.04. The zero-order valence-electron chi connectivity index (χ0n) is 10.9. The van der Waals surface area contributed by atoms with E-state index in [1.807, 2.05) is 6.92 Å². The largest absolute Gasteiger partial charge is 0.340 e. The number of aromatic nitrogens is 2. The van der Waals surface area contributed by atoms with Crippen LogP contribution in [0, 0.1) is 12.7 Å². The number of rotatable bonds is 4. The van der Waals surface area contributed by atoms with Crippen LogP contribution in [-0.2, 0) is 6.42 Å². The van der Waals surface area contributed by atoms with E-state index in [0.29, 0.717) is 35.1 Å². The maximum atomic E-state index is 13.5. The van der Waals surface area contributed by atoms with Crippen LogP contribution in [0.25, 0.3) is 0 Å². The predicted octanol–water partition coefficient (Wildman–Crippen LogP) is 2.52. The number of nitrogens with two attached hydrogens (primary N) is 1. The van der Waals surface area contributed by atoms with E-state index in [2.05, 4.69) is 20.7 Å². The topological polar surface area (TPSA) is 75.9 Å². The number of hydrogen-bond donors (Lipinski definition) is 3. The minimum Gasteiger partial charge on any atom is -0.340 e. The first-order valence-electron chi connectivity index (χ1n) is 6.00. The van der Waals surface area contributed by atoms with Gasteiger partial charge in [0.05, 0.1) is 0 Å². The molecule has 0 spiro atoms. The summed E-state index contributed by atoms with van der Waals surface area (Å²) in [6, 6.07) is 6.60. The molecule has 5 nitrogen and oxygen atoms in total. The summed E-state index contributed by atoms with van der Waals surface area (Å²) in [6.45, 7) is 3.67. The summed E-state index contributed by atoms with van der Waals surface area (Å²) in [6.07, 6.45) is 0.687. The molecule has 2 aromatic rings. The maximum Gasteiger partial charge on any atom is 0.145 e. The number of anilines is 3. The van der Waals surface area contributed by atoms with Gasteiger partial charge in [-0.3, -0.25) is 0 Å². The average molecular weight is 261 g/mol. The molecule has 0 unspecified atom stereocenters. The van der Waals surface area contributed by atoms with Gasteiger partial charge in [-0.2, -0.15) is 0 Å². The van der Waals surface area contributed by atoms with Gasteiger partial charge in [-0.1, -0.05) is 13.0 Å². The van der Waals surface area contributed by atoms with Crippen LogP contribution in [0.2, 0.25) is 0 Å². The molecule has 0 radical (unpaired) electrons. The summed E-state index contributed by atoms with van der Waals surface area (Å²) >= 11 is 0. The molecule has 2 rings (SSSR count). The molecule has 0 amide bonds. The van der Waals surface area contributed by atoms with Crippen molar-refractivity contribution in [2.75, 3.05) is 10.7 Å². The van der Waals surface area contributed by atoms with E-state index in [4.69, 9.17) is 5.84 Å². The smallest absolute Gasteiger partial charge is 0.145 e. The Morgan fingerprint density at radius 3 is 2.58 bits per heavy atom. The fraction of sp³-hybridized carbons (Fsp3) is 0.231. The normalized spacial score (nSPS) is 10.3. The Morgan fingerprint density at radius 2 is 1.95 bits per heavy atom. The molecule has 0 aliphatic carbocycles. The van der Waals surface area contributed by atoms with E-state index < -0.39 is 0 Å². The third-order valence-electron chi connectivity index (χ3n) is 2.68. The van der Waals surface area contributed by atoms with Crippen LogP contribution < -0.4 is 16.6 Å². The first-order chi connectivity index (χ1) is 9.12. The maximum absolute atomic E-state index is 13.5. The lowest BCUT2D eigenvalue weighted by molar-refractivity contribution is 0.619. The van der Waals surface area contributed by atoms with Gasteiger partial charge < -0.3 is 10.7 Å². The van der Waals surface area contributed by atoms with E-state index in [9.17, 15) is 4.39 Å². The zero-order chi connectivity index (χ0) is 13.8. The summed E-state index contributed by atoms with van der Waals surface area (Å²) in [7, 11) is 0. The van der Waals surface area contributed by atoms with Crippen molar-refractivity contribution in [3.8, 4) is 0 Å². The highest BCUT2D eigenvalue weighted by atomic mass is 19.1. The van der Waals surface area contributed by atoms with E-state index >= 15 is 0 Å². The Hall–Kier alpha value is -2.21. The van der Waals surface area contributed by atoms with Gasteiger partial charge in [-0.05, 0) is 24.6 Å². The molecule has 0 bridgehead atoms. The van der Waals surface area contributed by atoms with Crippen molar-refractivity contribution in [3.05, 3.63) is 41.5 Å². The fourth-order valence-electron chi connectivity index (χ4n) is 1.61. The molecule has 4 N–H and O–H groups in total. The third kappa shape index (κ3) is 3.17. The third-order valence-corrected chi connectivity index (χ3v) is 2.68. The van der Waals surface area contributed by atoms with Crippen molar-refractivity contribution in [1.82, 2.24) is 9.97 Å². The minimum atomic E-state index is -0.257. The van der Waals surface area contributed by atoms with Crippen LogP contribution in [0.4, 0.5) is 21.7 Å². The highest BCUT2D eigenvalue weighted by Crippen LogP contribution is 2.19. The molecule has 0 atom stereocenters. The van der Waals surface area contributed by atoms with Gasteiger partial charge in [-0.25, -0.2) is 20.2 Å². The quantitative estimate of drug-likeness (QED) is 0.582. The second-order valence-corrected chi connectivity index (χ2v) is 4.14. The van der Waals surface area contributed by atoms with E-state index in [1.54, 1.807) is 25.1 Å². The summed E-state index contributed by atoms with van der Waals surface area (Å²) in [5.41, 5.74) is 3.72. The van der Waals surface area contributed by atoms with Gasteiger partial charge in [0.25, 0.3) is 0 Å². The molecule has 0 fully saturated rings. The minimum absolute atomic E-state index is 0.257. The molecule has 0 saturated heterocycles. The van der Waals surface area contributed by atoms with Crippen LogP contribution in [0.3, 0.4) is 0 Å². The monoisotopic (exact) mass is 261 g/mol. The van der Waals surface area contributed by atoms with Crippen LogP contribution in [0.15, 0.2) is 24.3 Å². The predicted molar refractivity (Wildman–Crippen MR) is 73.6 cm³/mol. The molecule has 1 aromatic carbocycles. The van der Waals surface area contributed by atoms with Crippen molar-refractivity contribution in [2.24, 2.45) is 5.84 Å². The molecule has 0 aliphatic rings. The van der Waals surface area contributed by atoms with Crippen molar-refractivity contribution >= 4 is 17.3 Å². The van der Waals surface area contributed by atoms with Crippen LogP contribution in [0.1, 0.15) is 18.3 Å². The number of halogens is 1. The van der Waals surface area contributed by atoms with Crippen molar-refractivity contribution < 1.29 is 4.39 Å². The summed E-state index contributed by atoms with van der Waals surface area (Å²) < 4.78 is 13.5. The Kier molecular flexibility index (Phi) is 3.91. The molecule has 100 valence electrons. The summed E-state index contributed by atoms with van der Waals surface area (Å²) in [4.78, 5) is 8.49. The van der Waals surface area contributed by atoms with E-state index in [-0.39, 0.29) is 5.82 Å². The second-order valence-electron chi connectivity index (χ2n) is 4.14. The highest BCUT2D eigenvalue weighted by molar-refractivity contribution is 5.59. The lowest BCUT2D eigenvalue weighted by Gasteiger charge is -2.09. The Balaban J connectivity index is 2.29. The molecule has 0 aliphatic heterocycles. The fourth-order valence-corrected chi connectivity index (χ4v) is 1.61. The second kappa shape index (κ2) is 5.62. The Morgan fingerprint density at radius 1 is 1.21 bits per heavy atom. The average Bonchev–Trinajstić information content (AvgIpc) is 2.42. The van der Waals surface area contributed by atoms with E-state index in [0.717, 1.165) is 0 Å². The Labute approximate surface area is 111 Å². The lowest BCUT2D eigenvalue weighted by Crippen LogP contribution is -2.11.